The minimum Gasteiger partial charge on any atom is -0.497 e. The Balaban J connectivity index is 2.24. The molecule has 4 rings (SSSR count). The van der Waals surface area contributed by atoms with Crippen molar-refractivity contribution < 1.29 is 9.66 Å². The summed E-state index contributed by atoms with van der Waals surface area (Å²) in [6.07, 6.45) is 0. The van der Waals surface area contributed by atoms with E-state index in [0.29, 0.717) is 5.39 Å². The van der Waals surface area contributed by atoms with Crippen molar-refractivity contribution in [2.75, 3.05) is 7.11 Å². The van der Waals surface area contributed by atoms with Crippen molar-refractivity contribution in [1.29, 1.82) is 0 Å². The molecular formula is C19H13NO3. The molecule has 0 saturated heterocycles. The molecule has 0 radical (unpaired) electrons. The van der Waals surface area contributed by atoms with Gasteiger partial charge in [-0.2, -0.15) is 0 Å². The lowest BCUT2D eigenvalue weighted by Gasteiger charge is -2.10. The quantitative estimate of drug-likeness (QED) is 0.295. The number of fused-ring (bicyclic) bond motifs is 5. The zero-order valence-electron chi connectivity index (χ0n) is 12.4. The van der Waals surface area contributed by atoms with Gasteiger partial charge in [0, 0.05) is 6.07 Å². The van der Waals surface area contributed by atoms with E-state index in [1.165, 1.54) is 0 Å². The van der Waals surface area contributed by atoms with Crippen molar-refractivity contribution >= 4 is 38.0 Å². The van der Waals surface area contributed by atoms with Crippen LogP contribution in [0.2, 0.25) is 0 Å². The van der Waals surface area contributed by atoms with Crippen LogP contribution in [0.25, 0.3) is 32.3 Å². The molecular weight excluding hydrogens is 290 g/mol. The van der Waals surface area contributed by atoms with Crippen molar-refractivity contribution in [2.24, 2.45) is 0 Å². The summed E-state index contributed by atoms with van der Waals surface area (Å²) in [7, 11) is 1.64. The van der Waals surface area contributed by atoms with Crippen LogP contribution in [0.4, 0.5) is 5.69 Å². The molecule has 0 atom stereocenters. The van der Waals surface area contributed by atoms with Crippen LogP contribution < -0.4 is 4.74 Å². The van der Waals surface area contributed by atoms with Crippen molar-refractivity contribution in [3.8, 4) is 5.75 Å². The molecule has 4 heteroatoms. The first-order chi connectivity index (χ1) is 11.2. The van der Waals surface area contributed by atoms with Crippen LogP contribution in [0.5, 0.6) is 5.75 Å². The fourth-order valence-electron chi connectivity index (χ4n) is 3.17. The number of non-ortho nitro benzene ring substituents is 1. The van der Waals surface area contributed by atoms with Crippen LogP contribution in [-0.2, 0) is 0 Å². The van der Waals surface area contributed by atoms with Crippen LogP contribution in [0.3, 0.4) is 0 Å². The first-order valence-corrected chi connectivity index (χ1v) is 7.25. The van der Waals surface area contributed by atoms with Gasteiger partial charge in [0.15, 0.2) is 0 Å². The number of methoxy groups -OCH3 is 1. The summed E-state index contributed by atoms with van der Waals surface area (Å²) in [5, 5.41) is 17.0. The summed E-state index contributed by atoms with van der Waals surface area (Å²) in [5.74, 6) is 0.795. The van der Waals surface area contributed by atoms with E-state index in [4.69, 9.17) is 4.74 Å². The Bertz CT molecular complexity index is 1090. The molecule has 0 fully saturated rings. The molecule has 0 heterocycles. The summed E-state index contributed by atoms with van der Waals surface area (Å²) in [6.45, 7) is 0. The topological polar surface area (TPSA) is 52.4 Å². The fourth-order valence-corrected chi connectivity index (χ4v) is 3.17. The Morgan fingerprint density at radius 1 is 0.870 bits per heavy atom. The van der Waals surface area contributed by atoms with Crippen LogP contribution in [-0.4, -0.2) is 12.0 Å². The van der Waals surface area contributed by atoms with Gasteiger partial charge in [-0.05, 0) is 45.1 Å². The molecule has 0 aromatic heterocycles. The standard InChI is InChI=1S/C19H13NO3/c1-23-14-8-9-15-12(10-14)6-7-13-11-18(20(21)22)16-4-2-3-5-17(16)19(13)15/h2-11H,1H3. The van der Waals surface area contributed by atoms with E-state index in [1.54, 1.807) is 19.2 Å². The second-order valence-corrected chi connectivity index (χ2v) is 5.45. The second kappa shape index (κ2) is 4.95. The molecule has 0 amide bonds. The van der Waals surface area contributed by atoms with Crippen LogP contribution in [0.1, 0.15) is 0 Å². The highest BCUT2D eigenvalue weighted by molar-refractivity contribution is 6.22. The first-order valence-electron chi connectivity index (χ1n) is 7.25. The number of nitro benzene ring substituents is 1. The Kier molecular flexibility index (Phi) is 2.91. The van der Waals surface area contributed by atoms with Gasteiger partial charge in [-0.25, -0.2) is 0 Å². The molecule has 112 valence electrons. The normalized spacial score (nSPS) is 11.2. The highest BCUT2D eigenvalue weighted by Gasteiger charge is 2.16. The van der Waals surface area contributed by atoms with Gasteiger partial charge in [0.05, 0.1) is 17.4 Å². The average molecular weight is 303 g/mol. The minimum absolute atomic E-state index is 0.140. The lowest BCUT2D eigenvalue weighted by Crippen LogP contribution is -1.91. The number of hydrogen-bond donors (Lipinski definition) is 0. The zero-order chi connectivity index (χ0) is 16.0. The molecule has 0 aliphatic rings. The lowest BCUT2D eigenvalue weighted by atomic mass is 9.95. The number of benzene rings is 4. The molecule has 4 aromatic carbocycles. The van der Waals surface area contributed by atoms with Crippen molar-refractivity contribution in [1.82, 2.24) is 0 Å². The van der Waals surface area contributed by atoms with E-state index in [9.17, 15) is 10.1 Å². The molecule has 23 heavy (non-hydrogen) atoms. The van der Waals surface area contributed by atoms with Crippen LogP contribution in [0, 0.1) is 10.1 Å². The van der Waals surface area contributed by atoms with Crippen LogP contribution >= 0.6 is 0 Å². The van der Waals surface area contributed by atoms with Gasteiger partial charge < -0.3 is 4.74 Å². The van der Waals surface area contributed by atoms with E-state index in [0.717, 1.165) is 32.7 Å². The van der Waals surface area contributed by atoms with E-state index in [2.05, 4.69) is 0 Å². The number of rotatable bonds is 2. The smallest absolute Gasteiger partial charge is 0.277 e. The highest BCUT2D eigenvalue weighted by atomic mass is 16.6. The number of nitrogens with zero attached hydrogens (tertiary/aromatic N) is 1. The van der Waals surface area contributed by atoms with Crippen LogP contribution in [0.15, 0.2) is 60.7 Å². The Labute approximate surface area is 132 Å². The molecule has 0 bridgehead atoms. The lowest BCUT2D eigenvalue weighted by molar-refractivity contribution is -0.382. The number of ether oxygens (including phenoxy) is 1. The zero-order valence-corrected chi connectivity index (χ0v) is 12.4. The highest BCUT2D eigenvalue weighted by Crippen LogP contribution is 2.37. The molecule has 0 unspecified atom stereocenters. The summed E-state index contributed by atoms with van der Waals surface area (Å²) in [6, 6.07) is 18.9. The van der Waals surface area contributed by atoms with Crippen molar-refractivity contribution in [2.45, 2.75) is 0 Å². The molecule has 0 aliphatic heterocycles. The molecule has 4 nitrogen and oxygen atoms in total. The van der Waals surface area contributed by atoms with Crippen molar-refractivity contribution in [3.05, 3.63) is 70.8 Å². The first kappa shape index (κ1) is 13.5. The van der Waals surface area contributed by atoms with Gasteiger partial charge in [-0.1, -0.05) is 36.4 Å². The predicted octanol–water partition coefficient (Wildman–Crippen LogP) is 5.06. The van der Waals surface area contributed by atoms with Gasteiger partial charge >= 0.3 is 0 Å². The van der Waals surface area contributed by atoms with Gasteiger partial charge in [-0.3, -0.25) is 10.1 Å². The van der Waals surface area contributed by atoms with E-state index in [1.807, 2.05) is 48.5 Å². The van der Waals surface area contributed by atoms with E-state index in [-0.39, 0.29) is 10.6 Å². The summed E-state index contributed by atoms with van der Waals surface area (Å²) in [4.78, 5) is 11.1. The van der Waals surface area contributed by atoms with Gasteiger partial charge in [0.1, 0.15) is 5.75 Å². The van der Waals surface area contributed by atoms with Crippen molar-refractivity contribution in [3.63, 3.8) is 0 Å². The third kappa shape index (κ3) is 1.99. The maximum absolute atomic E-state index is 11.4. The fraction of sp³-hybridized carbons (Fsp3) is 0.0526. The average Bonchev–Trinajstić information content (AvgIpc) is 2.59. The Hall–Kier alpha value is -3.14. The maximum Gasteiger partial charge on any atom is 0.277 e. The van der Waals surface area contributed by atoms with Gasteiger partial charge in [-0.15, -0.1) is 0 Å². The third-order valence-electron chi connectivity index (χ3n) is 4.22. The summed E-state index contributed by atoms with van der Waals surface area (Å²) >= 11 is 0. The number of hydrogen-bond acceptors (Lipinski definition) is 3. The maximum atomic E-state index is 11.4. The van der Waals surface area contributed by atoms with E-state index >= 15 is 0 Å². The largest absolute Gasteiger partial charge is 0.497 e. The van der Waals surface area contributed by atoms with Gasteiger partial charge in [0.2, 0.25) is 0 Å². The van der Waals surface area contributed by atoms with Gasteiger partial charge in [0.25, 0.3) is 5.69 Å². The predicted molar refractivity (Wildman–Crippen MR) is 92.2 cm³/mol. The van der Waals surface area contributed by atoms with E-state index < -0.39 is 0 Å². The molecule has 0 spiro atoms. The Morgan fingerprint density at radius 2 is 1.61 bits per heavy atom. The summed E-state index contributed by atoms with van der Waals surface area (Å²) in [5.41, 5.74) is 0.140. The minimum atomic E-state index is -0.319. The second-order valence-electron chi connectivity index (χ2n) is 5.45. The molecule has 0 saturated carbocycles. The Morgan fingerprint density at radius 3 is 2.35 bits per heavy atom. The molecule has 0 aliphatic carbocycles. The molecule has 4 aromatic rings. The SMILES string of the molecule is COc1ccc2c(ccc3cc([N+](=O)[O-])c4ccccc4c32)c1. The monoisotopic (exact) mass is 303 g/mol. The summed E-state index contributed by atoms with van der Waals surface area (Å²) < 4.78 is 5.28. The molecule has 0 N–H and O–H groups in total. The third-order valence-corrected chi connectivity index (χ3v) is 4.22. The number of nitro groups is 1.